The number of hydrogen-bond donors (Lipinski definition) is 0. The van der Waals surface area contributed by atoms with Gasteiger partial charge in [0.1, 0.15) is 5.78 Å². The van der Waals surface area contributed by atoms with Crippen molar-refractivity contribution in [1.82, 2.24) is 14.5 Å². The number of ketones is 1. The van der Waals surface area contributed by atoms with E-state index in [1.807, 2.05) is 24.8 Å². The SMILES string of the molecule is O=C(CC1CCCCC1)C[C@@H]1c2ncccc2-c2cncn21. The molecule has 2 aliphatic rings. The molecule has 2 aromatic rings. The molecule has 1 aliphatic carbocycles. The number of aromatic nitrogens is 3. The Bertz CT molecular complexity index is 685. The van der Waals surface area contributed by atoms with Crippen LogP contribution in [-0.4, -0.2) is 20.3 Å². The van der Waals surface area contributed by atoms with E-state index in [1.54, 1.807) is 0 Å². The minimum absolute atomic E-state index is 0.0322. The molecule has 0 unspecified atom stereocenters. The lowest BCUT2D eigenvalue weighted by Gasteiger charge is -2.21. The van der Waals surface area contributed by atoms with E-state index in [9.17, 15) is 4.79 Å². The van der Waals surface area contributed by atoms with Crippen LogP contribution in [0.2, 0.25) is 0 Å². The molecule has 0 N–H and O–H groups in total. The summed E-state index contributed by atoms with van der Waals surface area (Å²) in [5.41, 5.74) is 3.23. The van der Waals surface area contributed by atoms with E-state index in [4.69, 9.17) is 0 Å². The molecule has 0 amide bonds. The van der Waals surface area contributed by atoms with Crippen LogP contribution in [0.5, 0.6) is 0 Å². The molecule has 4 nitrogen and oxygen atoms in total. The Balaban J connectivity index is 1.52. The van der Waals surface area contributed by atoms with Crippen LogP contribution in [0.3, 0.4) is 0 Å². The van der Waals surface area contributed by atoms with Crippen LogP contribution in [0.15, 0.2) is 30.9 Å². The maximum atomic E-state index is 12.5. The fourth-order valence-corrected chi connectivity index (χ4v) is 4.00. The van der Waals surface area contributed by atoms with E-state index < -0.39 is 0 Å². The molecule has 22 heavy (non-hydrogen) atoms. The summed E-state index contributed by atoms with van der Waals surface area (Å²) < 4.78 is 2.11. The summed E-state index contributed by atoms with van der Waals surface area (Å²) in [6, 6.07) is 4.05. The molecule has 0 aromatic carbocycles. The minimum Gasteiger partial charge on any atom is -0.321 e. The summed E-state index contributed by atoms with van der Waals surface area (Å²) in [4.78, 5) is 21.3. The molecule has 0 radical (unpaired) electrons. The lowest BCUT2D eigenvalue weighted by Crippen LogP contribution is -2.16. The van der Waals surface area contributed by atoms with E-state index in [0.717, 1.165) is 23.4 Å². The van der Waals surface area contributed by atoms with Crippen molar-refractivity contribution in [2.24, 2.45) is 5.92 Å². The summed E-state index contributed by atoms with van der Waals surface area (Å²) in [7, 11) is 0. The van der Waals surface area contributed by atoms with Gasteiger partial charge in [0.25, 0.3) is 0 Å². The number of fused-ring (bicyclic) bond motifs is 3. The van der Waals surface area contributed by atoms with Crippen molar-refractivity contribution < 1.29 is 4.79 Å². The van der Waals surface area contributed by atoms with E-state index >= 15 is 0 Å². The second-order valence-corrected chi connectivity index (χ2v) is 6.59. The van der Waals surface area contributed by atoms with E-state index in [-0.39, 0.29) is 6.04 Å². The molecule has 0 spiro atoms. The van der Waals surface area contributed by atoms with Crippen molar-refractivity contribution >= 4 is 5.78 Å². The first kappa shape index (κ1) is 13.7. The van der Waals surface area contributed by atoms with Crippen molar-refractivity contribution in [3.63, 3.8) is 0 Å². The van der Waals surface area contributed by atoms with Gasteiger partial charge in [-0.05, 0) is 18.1 Å². The molecule has 2 aromatic heterocycles. The Hall–Kier alpha value is -1.97. The Labute approximate surface area is 130 Å². The highest BCUT2D eigenvalue weighted by atomic mass is 16.1. The van der Waals surface area contributed by atoms with E-state index in [1.165, 1.54) is 32.1 Å². The first-order valence-electron chi connectivity index (χ1n) is 8.32. The van der Waals surface area contributed by atoms with Crippen molar-refractivity contribution in [1.29, 1.82) is 0 Å². The number of Topliss-reactive ketones (excluding diaryl/α,β-unsaturated/α-hetero) is 1. The van der Waals surface area contributed by atoms with Gasteiger partial charge >= 0.3 is 0 Å². The van der Waals surface area contributed by atoms with Crippen molar-refractivity contribution in [3.8, 4) is 11.3 Å². The fourth-order valence-electron chi connectivity index (χ4n) is 4.00. The molecule has 114 valence electrons. The molecule has 4 rings (SSSR count). The van der Waals surface area contributed by atoms with Crippen molar-refractivity contribution in [2.75, 3.05) is 0 Å². The Morgan fingerprint density at radius 1 is 1.23 bits per heavy atom. The molecule has 3 heterocycles. The van der Waals surface area contributed by atoms with Crippen LogP contribution in [0.1, 0.15) is 56.7 Å². The number of nitrogens with zero attached hydrogens (tertiary/aromatic N) is 3. The van der Waals surface area contributed by atoms with Gasteiger partial charge in [0.15, 0.2) is 0 Å². The number of pyridine rings is 1. The van der Waals surface area contributed by atoms with Gasteiger partial charge in [0.05, 0.1) is 30.0 Å². The third-order valence-corrected chi connectivity index (χ3v) is 5.09. The molecule has 4 heteroatoms. The van der Waals surface area contributed by atoms with E-state index in [0.29, 0.717) is 18.1 Å². The molecular formula is C18H21N3O. The summed E-state index contributed by atoms with van der Waals surface area (Å²) >= 11 is 0. The predicted molar refractivity (Wildman–Crippen MR) is 84.4 cm³/mol. The van der Waals surface area contributed by atoms with Crippen LogP contribution in [0, 0.1) is 5.92 Å². The predicted octanol–water partition coefficient (Wildman–Crippen LogP) is 3.78. The Kier molecular flexibility index (Phi) is 3.53. The lowest BCUT2D eigenvalue weighted by atomic mass is 9.85. The number of carbonyl (C=O) groups excluding carboxylic acids is 1. The summed E-state index contributed by atoms with van der Waals surface area (Å²) in [5.74, 6) is 0.975. The number of carbonyl (C=O) groups is 1. The average molecular weight is 295 g/mol. The second-order valence-electron chi connectivity index (χ2n) is 6.59. The van der Waals surface area contributed by atoms with Crippen molar-refractivity contribution in [3.05, 3.63) is 36.5 Å². The maximum absolute atomic E-state index is 12.5. The molecule has 0 saturated heterocycles. The van der Waals surface area contributed by atoms with E-state index in [2.05, 4.69) is 20.6 Å². The second kappa shape index (κ2) is 5.67. The van der Waals surface area contributed by atoms with Gasteiger partial charge in [0.2, 0.25) is 0 Å². The summed E-state index contributed by atoms with van der Waals surface area (Å²) in [5, 5.41) is 0. The van der Waals surface area contributed by atoms with Crippen LogP contribution < -0.4 is 0 Å². The molecule has 1 aliphatic heterocycles. The molecular weight excluding hydrogens is 274 g/mol. The normalized spacial score (nSPS) is 20.6. The number of imidazole rings is 1. The highest BCUT2D eigenvalue weighted by Crippen LogP contribution is 2.40. The topological polar surface area (TPSA) is 47.8 Å². The average Bonchev–Trinajstić information content (AvgIpc) is 3.12. The fraction of sp³-hybridized carbons (Fsp3) is 0.500. The van der Waals surface area contributed by atoms with Gasteiger partial charge in [-0.15, -0.1) is 0 Å². The minimum atomic E-state index is 0.0322. The van der Waals surface area contributed by atoms with Gasteiger partial charge in [-0.3, -0.25) is 9.78 Å². The van der Waals surface area contributed by atoms with Gasteiger partial charge < -0.3 is 4.57 Å². The highest BCUT2D eigenvalue weighted by Gasteiger charge is 2.31. The van der Waals surface area contributed by atoms with Gasteiger partial charge in [-0.2, -0.15) is 0 Å². The summed E-state index contributed by atoms with van der Waals surface area (Å²) in [6.07, 6.45) is 13.2. The van der Waals surface area contributed by atoms with Gasteiger partial charge in [-0.1, -0.05) is 32.1 Å². The standard InChI is InChI=1S/C18H21N3O/c22-14(9-13-5-2-1-3-6-13)10-16-18-15(7-4-8-20-18)17-11-19-12-21(16)17/h4,7-8,11-13,16H,1-3,5-6,9-10H2/t16-/m1/s1. The third kappa shape index (κ3) is 2.36. The van der Waals surface area contributed by atoms with Gasteiger partial charge in [0, 0.05) is 24.6 Å². The first-order valence-corrected chi connectivity index (χ1v) is 8.32. The Morgan fingerprint density at radius 3 is 2.95 bits per heavy atom. The lowest BCUT2D eigenvalue weighted by molar-refractivity contribution is -0.120. The van der Waals surface area contributed by atoms with Crippen LogP contribution in [0.4, 0.5) is 0 Å². The zero-order valence-electron chi connectivity index (χ0n) is 12.7. The molecule has 1 saturated carbocycles. The zero-order chi connectivity index (χ0) is 14.9. The van der Waals surface area contributed by atoms with Crippen LogP contribution in [-0.2, 0) is 4.79 Å². The first-order chi connectivity index (χ1) is 10.8. The van der Waals surface area contributed by atoms with Gasteiger partial charge in [-0.25, -0.2) is 4.98 Å². The van der Waals surface area contributed by atoms with Crippen LogP contribution in [0.25, 0.3) is 11.3 Å². The maximum Gasteiger partial charge on any atom is 0.135 e. The quantitative estimate of drug-likeness (QED) is 0.862. The molecule has 1 fully saturated rings. The number of rotatable bonds is 4. The molecule has 0 bridgehead atoms. The monoisotopic (exact) mass is 295 g/mol. The third-order valence-electron chi connectivity index (χ3n) is 5.09. The number of hydrogen-bond acceptors (Lipinski definition) is 3. The molecule has 1 atom stereocenters. The van der Waals surface area contributed by atoms with Crippen LogP contribution >= 0.6 is 0 Å². The summed E-state index contributed by atoms with van der Waals surface area (Å²) in [6.45, 7) is 0. The zero-order valence-corrected chi connectivity index (χ0v) is 12.7. The van der Waals surface area contributed by atoms with Crippen molar-refractivity contribution in [2.45, 2.75) is 51.0 Å². The largest absolute Gasteiger partial charge is 0.321 e. The Morgan fingerprint density at radius 2 is 2.09 bits per heavy atom. The smallest absolute Gasteiger partial charge is 0.135 e. The highest BCUT2D eigenvalue weighted by molar-refractivity contribution is 5.81.